The number of amides is 2. The minimum absolute atomic E-state index is 0. The molecule has 1 heterocycles. The average Bonchev–Trinajstić information content (AvgIpc) is 2.11. The van der Waals surface area contributed by atoms with Crippen LogP contribution in [0.1, 0.15) is 0 Å². The molecule has 10 heavy (non-hydrogen) atoms. The highest BCUT2D eigenvalue weighted by molar-refractivity contribution is 5.69. The fraction of sp³-hybridized carbons (Fsp3) is 0. The van der Waals surface area contributed by atoms with Crippen LogP contribution in [-0.2, 0) is 0 Å². The number of nitrogens with two attached hydrogens (primary N) is 2. The summed E-state index contributed by atoms with van der Waals surface area (Å²) < 4.78 is 0. The fourth-order valence-corrected chi connectivity index (χ4v) is 0.278. The summed E-state index contributed by atoms with van der Waals surface area (Å²) in [4.78, 5) is 11.9. The second-order valence-electron chi connectivity index (χ2n) is 1.29. The van der Waals surface area contributed by atoms with E-state index in [1.54, 1.807) is 0 Å². The highest BCUT2D eigenvalue weighted by Gasteiger charge is 1.60. The number of hydrogen-bond acceptors (Lipinski definition) is 1. The number of urea groups is 1. The first-order valence-electron chi connectivity index (χ1n) is 2.36. The van der Waals surface area contributed by atoms with Gasteiger partial charge in [0.2, 0.25) is 0 Å². The molecule has 0 saturated carbocycles. The van der Waals surface area contributed by atoms with E-state index in [4.69, 9.17) is 4.79 Å². The van der Waals surface area contributed by atoms with Crippen molar-refractivity contribution in [1.29, 1.82) is 0 Å². The number of H-pyrrole nitrogens is 1. The van der Waals surface area contributed by atoms with Crippen molar-refractivity contribution >= 4 is 6.03 Å². The van der Waals surface area contributed by atoms with Gasteiger partial charge in [-0.05, 0) is 12.1 Å². The zero-order chi connectivity index (χ0) is 7.11. The third-order valence-electron chi connectivity index (χ3n) is 0.496. The van der Waals surface area contributed by atoms with E-state index >= 15 is 0 Å². The Kier molecular flexibility index (Phi) is 8.45. The molecule has 0 radical (unpaired) electrons. The number of halogens is 1. The lowest BCUT2D eigenvalue weighted by Crippen LogP contribution is -2.18. The Morgan fingerprint density at radius 2 is 1.50 bits per heavy atom. The van der Waals surface area contributed by atoms with Gasteiger partial charge in [0.25, 0.3) is 0 Å². The Morgan fingerprint density at radius 3 is 1.60 bits per heavy atom. The lowest BCUT2D eigenvalue weighted by Gasteiger charge is -1.62. The van der Waals surface area contributed by atoms with Crippen LogP contribution in [0.4, 0.5) is 9.50 Å². The molecule has 1 aromatic rings. The van der Waals surface area contributed by atoms with Gasteiger partial charge in [-0.2, -0.15) is 0 Å². The Bertz CT molecular complexity index is 131. The smallest absolute Gasteiger partial charge is 0.309 e. The average molecular weight is 147 g/mol. The SMILES string of the molecule is F.NC(N)=O.c1cc[nH]c1. The van der Waals surface area contributed by atoms with Gasteiger partial charge >= 0.3 is 6.03 Å². The number of aromatic nitrogens is 1. The van der Waals surface area contributed by atoms with Gasteiger partial charge in [0.1, 0.15) is 0 Å². The van der Waals surface area contributed by atoms with E-state index in [9.17, 15) is 0 Å². The maximum Gasteiger partial charge on any atom is 0.309 e. The zero-order valence-electron chi connectivity index (χ0n) is 5.28. The molecule has 2 amide bonds. The van der Waals surface area contributed by atoms with E-state index in [1.807, 2.05) is 24.5 Å². The van der Waals surface area contributed by atoms with Crippen molar-refractivity contribution in [1.82, 2.24) is 4.98 Å². The lowest BCUT2D eigenvalue weighted by molar-refractivity contribution is 0.256. The zero-order valence-corrected chi connectivity index (χ0v) is 5.28. The van der Waals surface area contributed by atoms with E-state index in [1.165, 1.54) is 0 Å². The summed E-state index contributed by atoms with van der Waals surface area (Å²) in [6, 6.07) is 3.06. The quantitative estimate of drug-likeness (QED) is 0.480. The second-order valence-corrected chi connectivity index (χ2v) is 1.29. The standard InChI is InChI=1S/C4H5N.CH4N2O.FH/c1-2-4-5-3-1;2-1(3)4;/h1-5H;(H4,2,3,4);1H. The predicted octanol–water partition coefficient (Wildman–Crippen LogP) is 0.191. The van der Waals surface area contributed by atoms with E-state index in [2.05, 4.69) is 16.5 Å². The van der Waals surface area contributed by atoms with E-state index in [0.717, 1.165) is 0 Å². The first-order chi connectivity index (χ1) is 4.23. The third kappa shape index (κ3) is 16.1. The van der Waals surface area contributed by atoms with Crippen LogP contribution in [-0.4, -0.2) is 11.0 Å². The first kappa shape index (κ1) is 11.3. The molecule has 0 aliphatic heterocycles. The van der Waals surface area contributed by atoms with Crippen molar-refractivity contribution in [2.75, 3.05) is 0 Å². The summed E-state index contributed by atoms with van der Waals surface area (Å²) in [7, 11) is 0. The van der Waals surface area contributed by atoms with Gasteiger partial charge in [-0.25, -0.2) is 4.79 Å². The number of aromatic amines is 1. The van der Waals surface area contributed by atoms with E-state index in [0.29, 0.717) is 0 Å². The van der Waals surface area contributed by atoms with Crippen molar-refractivity contribution in [3.63, 3.8) is 0 Å². The highest BCUT2D eigenvalue weighted by Crippen LogP contribution is 1.72. The Hall–Kier alpha value is -1.52. The molecule has 5 N–H and O–H groups in total. The summed E-state index contributed by atoms with van der Waals surface area (Å²) in [5.41, 5.74) is 8.50. The van der Waals surface area contributed by atoms with Crippen LogP contribution >= 0.6 is 0 Å². The van der Waals surface area contributed by atoms with Crippen LogP contribution in [0.25, 0.3) is 0 Å². The number of primary amides is 2. The van der Waals surface area contributed by atoms with Crippen LogP contribution < -0.4 is 11.5 Å². The van der Waals surface area contributed by atoms with Gasteiger partial charge in [-0.1, -0.05) is 0 Å². The topological polar surface area (TPSA) is 84.9 Å². The largest absolute Gasteiger partial charge is 0.368 e. The van der Waals surface area contributed by atoms with Gasteiger partial charge in [0, 0.05) is 12.4 Å². The highest BCUT2D eigenvalue weighted by atomic mass is 19.0. The summed E-state index contributed by atoms with van der Waals surface area (Å²) in [6.07, 6.45) is 3.75. The molecule has 0 spiro atoms. The van der Waals surface area contributed by atoms with Gasteiger partial charge in [-0.15, -0.1) is 0 Å². The number of carbonyl (C=O) groups is 1. The van der Waals surface area contributed by atoms with Crippen molar-refractivity contribution in [3.05, 3.63) is 24.5 Å². The Balaban J connectivity index is 0. The minimum Gasteiger partial charge on any atom is -0.368 e. The maximum atomic E-state index is 9.00. The Labute approximate surface area is 57.6 Å². The van der Waals surface area contributed by atoms with Crippen LogP contribution in [0.5, 0.6) is 0 Å². The van der Waals surface area contributed by atoms with Crippen LogP contribution in [0, 0.1) is 0 Å². The molecule has 58 valence electrons. The summed E-state index contributed by atoms with van der Waals surface area (Å²) >= 11 is 0. The van der Waals surface area contributed by atoms with Crippen molar-refractivity contribution in [2.24, 2.45) is 11.5 Å². The van der Waals surface area contributed by atoms with Crippen molar-refractivity contribution < 1.29 is 9.50 Å². The van der Waals surface area contributed by atoms with E-state index in [-0.39, 0.29) is 4.70 Å². The van der Waals surface area contributed by atoms with Crippen LogP contribution in [0.2, 0.25) is 0 Å². The molecular weight excluding hydrogens is 137 g/mol. The maximum absolute atomic E-state index is 9.00. The van der Waals surface area contributed by atoms with Gasteiger partial charge in [0.05, 0.1) is 0 Å². The molecule has 0 atom stereocenters. The number of hydrogen-bond donors (Lipinski definition) is 3. The molecular formula is C5H10FN3O. The van der Waals surface area contributed by atoms with Gasteiger partial charge in [-0.3, -0.25) is 4.70 Å². The molecule has 1 aromatic heterocycles. The fourth-order valence-electron chi connectivity index (χ4n) is 0.278. The number of rotatable bonds is 0. The number of carbonyl (C=O) groups excluding carboxylic acids is 1. The van der Waals surface area contributed by atoms with Crippen molar-refractivity contribution in [3.8, 4) is 0 Å². The first-order valence-corrected chi connectivity index (χ1v) is 2.36. The second kappa shape index (κ2) is 7.48. The molecule has 0 bridgehead atoms. The minimum atomic E-state index is -0.833. The molecule has 4 nitrogen and oxygen atoms in total. The normalized spacial score (nSPS) is 6.40. The van der Waals surface area contributed by atoms with E-state index < -0.39 is 6.03 Å². The van der Waals surface area contributed by atoms with Crippen LogP contribution in [0.15, 0.2) is 24.5 Å². The molecule has 5 heteroatoms. The monoisotopic (exact) mass is 147 g/mol. The molecule has 0 aromatic carbocycles. The molecule has 0 unspecified atom stereocenters. The Morgan fingerprint density at radius 1 is 1.20 bits per heavy atom. The lowest BCUT2D eigenvalue weighted by atomic mass is 10.7. The molecule has 0 fully saturated rings. The molecule has 1 rings (SSSR count). The molecule has 0 saturated heterocycles. The van der Waals surface area contributed by atoms with Gasteiger partial charge < -0.3 is 16.5 Å². The molecule has 0 aliphatic rings. The van der Waals surface area contributed by atoms with Crippen molar-refractivity contribution in [2.45, 2.75) is 0 Å². The predicted molar refractivity (Wildman–Crippen MR) is 37.1 cm³/mol. The molecule has 0 aliphatic carbocycles. The van der Waals surface area contributed by atoms with Gasteiger partial charge in [0.15, 0.2) is 0 Å². The third-order valence-corrected chi connectivity index (χ3v) is 0.496. The summed E-state index contributed by atoms with van der Waals surface area (Å²) in [5.74, 6) is 0. The number of nitrogens with one attached hydrogen (secondary N) is 1. The van der Waals surface area contributed by atoms with Crippen LogP contribution in [0.3, 0.4) is 0 Å². The summed E-state index contributed by atoms with van der Waals surface area (Å²) in [5, 5.41) is 0. The summed E-state index contributed by atoms with van der Waals surface area (Å²) in [6.45, 7) is 0.